The summed E-state index contributed by atoms with van der Waals surface area (Å²) < 4.78 is 3.40. The van der Waals surface area contributed by atoms with Crippen molar-refractivity contribution in [1.82, 2.24) is 9.47 Å². The van der Waals surface area contributed by atoms with Crippen molar-refractivity contribution in [3.05, 3.63) is 35.5 Å². The van der Waals surface area contributed by atoms with E-state index >= 15 is 0 Å². The number of carbonyl (C=O) groups is 1. The number of hydrogen-bond donors (Lipinski definition) is 0. The quantitative estimate of drug-likeness (QED) is 0.364. The predicted octanol–water partition coefficient (Wildman–Crippen LogP) is 4.87. The minimum atomic E-state index is -0.172. The van der Waals surface area contributed by atoms with E-state index in [2.05, 4.69) is 61.7 Å². The molecule has 4 heteroatoms. The lowest BCUT2D eigenvalue weighted by molar-refractivity contribution is -0.819. The van der Waals surface area contributed by atoms with Gasteiger partial charge in [-0.1, -0.05) is 38.3 Å². The predicted molar refractivity (Wildman–Crippen MR) is 123 cm³/mol. The van der Waals surface area contributed by atoms with E-state index in [4.69, 9.17) is 0 Å². The Bertz CT molecular complexity index is 992. The van der Waals surface area contributed by atoms with Crippen molar-refractivity contribution in [2.45, 2.75) is 82.8 Å². The van der Waals surface area contributed by atoms with Crippen molar-refractivity contribution >= 4 is 16.8 Å². The van der Waals surface area contributed by atoms with Gasteiger partial charge >= 0.3 is 0 Å². The van der Waals surface area contributed by atoms with Gasteiger partial charge in [0.05, 0.1) is 7.05 Å². The molecule has 3 heterocycles. The molecule has 1 aromatic heterocycles. The Labute approximate surface area is 181 Å². The third kappa shape index (κ3) is 2.58. The first-order valence-corrected chi connectivity index (χ1v) is 12.1. The Morgan fingerprint density at radius 3 is 2.83 bits per heavy atom. The maximum Gasteiger partial charge on any atom is 0.289 e. The number of likely N-dealkylation sites (N-methyl/N-ethyl adjacent to an activating group) is 2. The van der Waals surface area contributed by atoms with Gasteiger partial charge in [-0.05, 0) is 37.5 Å². The van der Waals surface area contributed by atoms with Gasteiger partial charge in [0.25, 0.3) is 5.91 Å². The van der Waals surface area contributed by atoms with Gasteiger partial charge in [-0.2, -0.15) is 0 Å². The second kappa shape index (κ2) is 6.85. The summed E-state index contributed by atoms with van der Waals surface area (Å²) in [4.78, 5) is 15.7. The largest absolute Gasteiger partial charge is 0.345 e. The summed E-state index contributed by atoms with van der Waals surface area (Å²) in [6.45, 7) is 8.72. The number of fused-ring (bicyclic) bond motifs is 4. The van der Waals surface area contributed by atoms with Crippen LogP contribution in [0.4, 0.5) is 0 Å². The van der Waals surface area contributed by atoms with Crippen LogP contribution < -0.4 is 0 Å². The lowest BCUT2D eigenvalue weighted by atomic mass is 9.77. The average molecular weight is 409 g/mol. The van der Waals surface area contributed by atoms with Crippen molar-refractivity contribution in [3.63, 3.8) is 0 Å². The first-order chi connectivity index (χ1) is 14.3. The zero-order chi connectivity index (χ0) is 21.3. The number of rotatable bonds is 7. The van der Waals surface area contributed by atoms with Crippen LogP contribution in [0.25, 0.3) is 10.9 Å². The molecule has 162 valence electrons. The Morgan fingerprint density at radius 2 is 2.10 bits per heavy atom. The molecule has 3 aliphatic rings. The van der Waals surface area contributed by atoms with Crippen molar-refractivity contribution < 1.29 is 9.28 Å². The van der Waals surface area contributed by atoms with Crippen molar-refractivity contribution in [2.24, 2.45) is 0 Å². The number of carbonyl (C=O) groups excluding carboxylic acids is 1. The minimum absolute atomic E-state index is 0.172. The summed E-state index contributed by atoms with van der Waals surface area (Å²) in [5.74, 6) is 0.917. The molecule has 0 saturated carbocycles. The van der Waals surface area contributed by atoms with Crippen molar-refractivity contribution in [3.8, 4) is 0 Å². The average Bonchev–Trinajstić information content (AvgIpc) is 3.03. The van der Waals surface area contributed by atoms with E-state index in [1.54, 1.807) is 0 Å². The highest BCUT2D eigenvalue weighted by Gasteiger charge is 2.81. The topological polar surface area (TPSA) is 25.2 Å². The Balaban J connectivity index is 1.43. The monoisotopic (exact) mass is 408 g/mol. The number of unbranched alkanes of at least 4 members (excludes halogenated alkanes) is 3. The summed E-state index contributed by atoms with van der Waals surface area (Å²) in [6.07, 6.45) is 9.41. The third-order valence-electron chi connectivity index (χ3n) is 8.66. The molecule has 4 atom stereocenters. The van der Waals surface area contributed by atoms with Gasteiger partial charge in [0.15, 0.2) is 0 Å². The van der Waals surface area contributed by atoms with Crippen LogP contribution >= 0.6 is 0 Å². The molecular weight excluding hydrogens is 370 g/mol. The second-order valence-electron chi connectivity index (χ2n) is 10.7. The first-order valence-electron chi connectivity index (χ1n) is 12.1. The number of hydrogen-bond acceptors (Lipinski definition) is 1. The van der Waals surface area contributed by atoms with Gasteiger partial charge in [-0.25, -0.2) is 0 Å². The summed E-state index contributed by atoms with van der Waals surface area (Å²) in [5.41, 5.74) is 4.21. The highest BCUT2D eigenvalue weighted by molar-refractivity contribution is 5.91. The SMILES string of the molecule is CCCCCCN(C)C(=O)[C@@]12CC3c4cccc5c4c(cn5C(C)C)C[C@H]3[N+]1(C)C2. The van der Waals surface area contributed by atoms with E-state index in [0.717, 1.165) is 36.8 Å². The summed E-state index contributed by atoms with van der Waals surface area (Å²) >= 11 is 0. The molecule has 2 aromatic rings. The number of quaternary nitrogens is 1. The Morgan fingerprint density at radius 1 is 1.30 bits per heavy atom. The van der Waals surface area contributed by atoms with Crippen LogP contribution in [-0.2, 0) is 11.2 Å². The summed E-state index contributed by atoms with van der Waals surface area (Å²) in [5, 5.41) is 1.48. The standard InChI is InChI=1S/C26H38N3O/c1-6-7-8-9-13-27(4)25(30)26-15-21-20-11-10-12-22-24(20)19(16-28(22)18(2)3)14-23(21)29(26,5)17-26/h10-12,16,18,21,23H,6-9,13-15,17H2,1-5H3/q+1/t21?,23-,26+,29?/m1/s1. The Kier molecular flexibility index (Phi) is 4.59. The molecule has 30 heavy (non-hydrogen) atoms. The van der Waals surface area contributed by atoms with Gasteiger partial charge in [0.1, 0.15) is 12.6 Å². The first kappa shape index (κ1) is 20.1. The molecule has 2 saturated heterocycles. The molecule has 1 aliphatic carbocycles. The third-order valence-corrected chi connectivity index (χ3v) is 8.66. The zero-order valence-corrected chi connectivity index (χ0v) is 19.4. The van der Waals surface area contributed by atoms with Crippen LogP contribution in [0.1, 0.15) is 76.0 Å². The molecule has 0 bridgehead atoms. The fraction of sp³-hybridized carbons (Fsp3) is 0.654. The molecular formula is C26H38N3O+. The molecule has 2 unspecified atom stereocenters. The van der Waals surface area contributed by atoms with E-state index < -0.39 is 0 Å². The van der Waals surface area contributed by atoms with Crippen LogP contribution in [0.2, 0.25) is 0 Å². The fourth-order valence-electron chi connectivity index (χ4n) is 6.92. The molecule has 5 rings (SSSR count). The lowest BCUT2D eigenvalue weighted by Gasteiger charge is -2.31. The van der Waals surface area contributed by atoms with Crippen molar-refractivity contribution in [1.29, 1.82) is 0 Å². The van der Waals surface area contributed by atoms with Crippen LogP contribution in [-0.4, -0.2) is 58.6 Å². The van der Waals surface area contributed by atoms with Crippen LogP contribution in [0.3, 0.4) is 0 Å². The maximum absolute atomic E-state index is 13.6. The maximum atomic E-state index is 13.6. The van der Waals surface area contributed by atoms with E-state index in [1.807, 2.05) is 7.05 Å². The van der Waals surface area contributed by atoms with Gasteiger partial charge in [0.2, 0.25) is 5.54 Å². The molecule has 2 fully saturated rings. The molecule has 1 aromatic carbocycles. The Hall–Kier alpha value is -1.81. The van der Waals surface area contributed by atoms with Gasteiger partial charge in [-0.15, -0.1) is 0 Å². The van der Waals surface area contributed by atoms with Gasteiger partial charge in [-0.3, -0.25) is 9.28 Å². The van der Waals surface area contributed by atoms with Crippen LogP contribution in [0, 0.1) is 0 Å². The number of aromatic nitrogens is 1. The number of amides is 1. The molecule has 4 nitrogen and oxygen atoms in total. The van der Waals surface area contributed by atoms with Gasteiger partial charge in [0, 0.05) is 55.5 Å². The molecule has 1 amide bonds. The smallest absolute Gasteiger partial charge is 0.289 e. The fourth-order valence-corrected chi connectivity index (χ4v) is 6.92. The second-order valence-corrected chi connectivity index (χ2v) is 10.7. The highest BCUT2D eigenvalue weighted by Crippen LogP contribution is 2.63. The van der Waals surface area contributed by atoms with Gasteiger partial charge < -0.3 is 9.47 Å². The molecule has 0 spiro atoms. The van der Waals surface area contributed by atoms with Crippen LogP contribution in [0.15, 0.2) is 24.4 Å². The number of piperidine rings is 1. The van der Waals surface area contributed by atoms with E-state index in [9.17, 15) is 4.79 Å². The van der Waals surface area contributed by atoms with Crippen molar-refractivity contribution in [2.75, 3.05) is 27.2 Å². The normalized spacial score (nSPS) is 31.1. The van der Waals surface area contributed by atoms with E-state index in [1.165, 1.54) is 41.3 Å². The minimum Gasteiger partial charge on any atom is -0.345 e. The highest BCUT2D eigenvalue weighted by atomic mass is 16.2. The summed E-state index contributed by atoms with van der Waals surface area (Å²) in [7, 11) is 4.40. The van der Waals surface area contributed by atoms with Crippen LogP contribution in [0.5, 0.6) is 0 Å². The lowest BCUT2D eigenvalue weighted by Crippen LogP contribution is -2.46. The van der Waals surface area contributed by atoms with E-state index in [0.29, 0.717) is 23.9 Å². The molecule has 2 aliphatic heterocycles. The summed E-state index contributed by atoms with van der Waals surface area (Å²) in [6, 6.07) is 7.87. The number of benzene rings is 1. The molecule has 0 N–H and O–H groups in total. The zero-order valence-electron chi connectivity index (χ0n) is 19.4. The molecule has 0 radical (unpaired) electrons. The van der Waals surface area contributed by atoms with E-state index in [-0.39, 0.29) is 5.54 Å². The number of nitrogens with zero attached hydrogens (tertiary/aromatic N) is 3.